The van der Waals surface area contributed by atoms with Gasteiger partial charge in [-0.15, -0.1) is 12.4 Å². The SMILES string of the molecule is Cl.O=C1N(Cc2ccnc(C(F)(F)F)n2)CCC12CCNCC2. The monoisotopic (exact) mass is 350 g/mol. The van der Waals surface area contributed by atoms with E-state index in [1.807, 2.05) is 0 Å². The number of halogens is 4. The highest BCUT2D eigenvalue weighted by Gasteiger charge is 2.46. The summed E-state index contributed by atoms with van der Waals surface area (Å²) in [5, 5.41) is 3.23. The summed E-state index contributed by atoms with van der Waals surface area (Å²) in [6, 6.07) is 1.43. The number of likely N-dealkylation sites (tertiary alicyclic amines) is 1. The highest BCUT2D eigenvalue weighted by molar-refractivity contribution is 5.85. The van der Waals surface area contributed by atoms with Crippen molar-refractivity contribution >= 4 is 18.3 Å². The van der Waals surface area contributed by atoms with Crippen LogP contribution in [0.5, 0.6) is 0 Å². The van der Waals surface area contributed by atoms with E-state index >= 15 is 0 Å². The van der Waals surface area contributed by atoms with Crippen molar-refractivity contribution in [2.75, 3.05) is 19.6 Å². The summed E-state index contributed by atoms with van der Waals surface area (Å²) in [6.07, 6.45) is -1.13. The van der Waals surface area contributed by atoms with Crippen molar-refractivity contribution < 1.29 is 18.0 Å². The first kappa shape index (κ1) is 17.9. The van der Waals surface area contributed by atoms with Crippen LogP contribution >= 0.6 is 12.4 Å². The van der Waals surface area contributed by atoms with E-state index in [2.05, 4.69) is 15.3 Å². The van der Waals surface area contributed by atoms with Crippen molar-refractivity contribution in [1.82, 2.24) is 20.2 Å². The number of carbonyl (C=O) groups excluding carboxylic acids is 1. The normalized spacial score (nSPS) is 20.7. The summed E-state index contributed by atoms with van der Waals surface area (Å²) < 4.78 is 37.9. The van der Waals surface area contributed by atoms with Gasteiger partial charge in [0.15, 0.2) is 0 Å². The van der Waals surface area contributed by atoms with Gasteiger partial charge in [-0.25, -0.2) is 9.97 Å². The van der Waals surface area contributed by atoms with Gasteiger partial charge in [0.25, 0.3) is 0 Å². The number of piperidine rings is 1. The number of aromatic nitrogens is 2. The van der Waals surface area contributed by atoms with Crippen LogP contribution in [0.4, 0.5) is 13.2 Å². The molecule has 0 atom stereocenters. The van der Waals surface area contributed by atoms with Crippen molar-refractivity contribution in [1.29, 1.82) is 0 Å². The Hall–Kier alpha value is -1.41. The smallest absolute Gasteiger partial charge is 0.336 e. The van der Waals surface area contributed by atoms with E-state index in [0.717, 1.165) is 38.5 Å². The standard InChI is InChI=1S/C14H17F3N4O.ClH/c15-14(16,17)11-19-5-1-10(20-11)9-21-8-4-13(12(21)22)2-6-18-7-3-13;/h1,5,18H,2-4,6-9H2;1H. The molecule has 3 heterocycles. The van der Waals surface area contributed by atoms with E-state index in [9.17, 15) is 18.0 Å². The fraction of sp³-hybridized carbons (Fsp3) is 0.643. The third-order valence-electron chi connectivity index (χ3n) is 4.48. The number of hydrogen-bond donors (Lipinski definition) is 1. The molecule has 9 heteroatoms. The lowest BCUT2D eigenvalue weighted by atomic mass is 9.78. The van der Waals surface area contributed by atoms with Gasteiger partial charge in [-0.3, -0.25) is 4.79 Å². The van der Waals surface area contributed by atoms with Crippen LogP contribution in [0.25, 0.3) is 0 Å². The van der Waals surface area contributed by atoms with Crippen LogP contribution in [0.1, 0.15) is 30.8 Å². The number of rotatable bonds is 2. The second-order valence-electron chi connectivity index (χ2n) is 5.88. The second kappa shape index (κ2) is 6.60. The topological polar surface area (TPSA) is 58.1 Å². The quantitative estimate of drug-likeness (QED) is 0.886. The van der Waals surface area contributed by atoms with Crippen LogP contribution in [-0.4, -0.2) is 40.4 Å². The first-order valence-electron chi connectivity index (χ1n) is 7.30. The van der Waals surface area contributed by atoms with Crippen LogP contribution in [0, 0.1) is 5.41 Å². The molecule has 0 bridgehead atoms. The van der Waals surface area contributed by atoms with E-state index in [0.29, 0.717) is 6.54 Å². The summed E-state index contributed by atoms with van der Waals surface area (Å²) in [4.78, 5) is 21.0. The van der Waals surface area contributed by atoms with Crippen molar-refractivity contribution in [2.45, 2.75) is 32.0 Å². The Morgan fingerprint density at radius 1 is 1.26 bits per heavy atom. The third kappa shape index (κ3) is 3.58. The van der Waals surface area contributed by atoms with Crippen LogP contribution < -0.4 is 5.32 Å². The lowest BCUT2D eigenvalue weighted by Gasteiger charge is -2.32. The molecular weight excluding hydrogens is 333 g/mol. The largest absolute Gasteiger partial charge is 0.451 e. The number of hydrogen-bond acceptors (Lipinski definition) is 4. The number of nitrogens with zero attached hydrogens (tertiary/aromatic N) is 3. The lowest BCUT2D eigenvalue weighted by Crippen LogP contribution is -2.42. The van der Waals surface area contributed by atoms with E-state index < -0.39 is 12.0 Å². The molecule has 1 aromatic rings. The van der Waals surface area contributed by atoms with E-state index in [1.165, 1.54) is 6.07 Å². The molecule has 23 heavy (non-hydrogen) atoms. The first-order valence-corrected chi connectivity index (χ1v) is 7.30. The minimum atomic E-state index is -4.57. The Morgan fingerprint density at radius 3 is 2.61 bits per heavy atom. The van der Waals surface area contributed by atoms with Gasteiger partial charge in [0.05, 0.1) is 17.7 Å². The molecule has 1 amide bonds. The average molecular weight is 351 g/mol. The summed E-state index contributed by atoms with van der Waals surface area (Å²) >= 11 is 0. The van der Waals surface area contributed by atoms with Crippen LogP contribution in [0.2, 0.25) is 0 Å². The molecule has 0 aliphatic carbocycles. The molecule has 0 saturated carbocycles. The van der Waals surface area contributed by atoms with Crippen molar-refractivity contribution in [3.8, 4) is 0 Å². The van der Waals surface area contributed by atoms with Crippen molar-refractivity contribution in [3.63, 3.8) is 0 Å². The molecule has 3 rings (SSSR count). The van der Waals surface area contributed by atoms with Crippen LogP contribution in [0.3, 0.4) is 0 Å². The molecule has 2 aliphatic heterocycles. The average Bonchev–Trinajstić information content (AvgIpc) is 2.77. The van der Waals surface area contributed by atoms with E-state index in [4.69, 9.17) is 0 Å². The highest BCUT2D eigenvalue weighted by atomic mass is 35.5. The fourth-order valence-electron chi connectivity index (χ4n) is 3.23. The number of carbonyl (C=O) groups is 1. The van der Waals surface area contributed by atoms with Crippen LogP contribution in [0.15, 0.2) is 12.3 Å². The maximum absolute atomic E-state index is 12.6. The van der Waals surface area contributed by atoms with Crippen molar-refractivity contribution in [3.05, 3.63) is 23.8 Å². The fourth-order valence-corrected chi connectivity index (χ4v) is 3.23. The number of nitrogens with one attached hydrogen (secondary N) is 1. The van der Waals surface area contributed by atoms with Gasteiger partial charge in [0, 0.05) is 12.7 Å². The van der Waals surface area contributed by atoms with Gasteiger partial charge in [-0.05, 0) is 38.4 Å². The Labute approximate surface area is 138 Å². The summed E-state index contributed by atoms with van der Waals surface area (Å²) in [5.74, 6) is -1.12. The maximum atomic E-state index is 12.6. The molecule has 2 aliphatic rings. The molecule has 2 fully saturated rings. The summed E-state index contributed by atoms with van der Waals surface area (Å²) in [5.41, 5.74) is -0.104. The van der Waals surface area contributed by atoms with Gasteiger partial charge in [-0.2, -0.15) is 13.2 Å². The Bertz CT molecular complexity index is 575. The second-order valence-corrected chi connectivity index (χ2v) is 5.88. The molecule has 0 radical (unpaired) electrons. The molecule has 0 aromatic carbocycles. The zero-order valence-electron chi connectivity index (χ0n) is 12.4. The third-order valence-corrected chi connectivity index (χ3v) is 4.48. The first-order chi connectivity index (χ1) is 10.4. The van der Waals surface area contributed by atoms with Crippen molar-refractivity contribution in [2.24, 2.45) is 5.41 Å². The van der Waals surface area contributed by atoms with Gasteiger partial charge < -0.3 is 10.2 Å². The summed E-state index contributed by atoms with van der Waals surface area (Å²) in [6.45, 7) is 2.31. The molecule has 1 spiro atoms. The Balaban J connectivity index is 0.00000192. The Kier molecular flexibility index (Phi) is 5.15. The number of amides is 1. The maximum Gasteiger partial charge on any atom is 0.451 e. The molecule has 128 valence electrons. The van der Waals surface area contributed by atoms with Gasteiger partial charge in [0.1, 0.15) is 0 Å². The molecule has 2 saturated heterocycles. The van der Waals surface area contributed by atoms with E-state index in [1.54, 1.807) is 4.90 Å². The van der Waals surface area contributed by atoms with Gasteiger partial charge in [-0.1, -0.05) is 0 Å². The predicted molar refractivity (Wildman–Crippen MR) is 78.9 cm³/mol. The molecule has 0 unspecified atom stereocenters. The minimum Gasteiger partial charge on any atom is -0.336 e. The number of alkyl halides is 3. The predicted octanol–water partition coefficient (Wildman–Crippen LogP) is 2.02. The molecule has 1 aromatic heterocycles. The molecule has 5 nitrogen and oxygen atoms in total. The van der Waals surface area contributed by atoms with Gasteiger partial charge >= 0.3 is 6.18 Å². The minimum absolute atomic E-state index is 0. The van der Waals surface area contributed by atoms with E-state index in [-0.39, 0.29) is 36.0 Å². The summed E-state index contributed by atoms with van der Waals surface area (Å²) in [7, 11) is 0. The molecule has 1 N–H and O–H groups in total. The molecular formula is C14H18ClF3N4O. The van der Waals surface area contributed by atoms with Crippen LogP contribution in [-0.2, 0) is 17.5 Å². The van der Waals surface area contributed by atoms with Gasteiger partial charge in [0.2, 0.25) is 11.7 Å². The zero-order chi connectivity index (χ0) is 15.8. The Morgan fingerprint density at radius 2 is 1.96 bits per heavy atom. The lowest BCUT2D eigenvalue weighted by molar-refractivity contribution is -0.145. The highest BCUT2D eigenvalue weighted by Crippen LogP contribution is 2.40. The zero-order valence-corrected chi connectivity index (χ0v) is 13.2.